The molecule has 0 saturated heterocycles. The fraction of sp³-hybridized carbons (Fsp3) is 0.400. The lowest BCUT2D eigenvalue weighted by atomic mass is 10.4. The summed E-state index contributed by atoms with van der Waals surface area (Å²) in [5.41, 5.74) is 6.65. The summed E-state index contributed by atoms with van der Waals surface area (Å²) in [6.07, 6.45) is 2.72. The van der Waals surface area contributed by atoms with Gasteiger partial charge in [0.25, 0.3) is 0 Å². The van der Waals surface area contributed by atoms with Crippen LogP contribution in [0.1, 0.15) is 24.4 Å². The Labute approximate surface area is 87.9 Å². The van der Waals surface area contributed by atoms with Gasteiger partial charge in [0.1, 0.15) is 6.54 Å². The second kappa shape index (κ2) is 4.27. The topological polar surface area (TPSA) is 69.9 Å². The summed E-state index contributed by atoms with van der Waals surface area (Å²) in [5.74, 6) is 1.30. The zero-order valence-electron chi connectivity index (χ0n) is 8.68. The minimum Gasteiger partial charge on any atom is -0.423 e. The average Bonchev–Trinajstić information content (AvgIpc) is 2.87. The van der Waals surface area contributed by atoms with Crippen molar-refractivity contribution in [2.24, 2.45) is 5.73 Å². The van der Waals surface area contributed by atoms with Gasteiger partial charge in [-0.25, -0.2) is 0 Å². The van der Waals surface area contributed by atoms with Gasteiger partial charge in [-0.2, -0.15) is 0 Å². The van der Waals surface area contributed by atoms with Crippen molar-refractivity contribution >= 4 is 0 Å². The van der Waals surface area contributed by atoms with Gasteiger partial charge in [0, 0.05) is 24.9 Å². The van der Waals surface area contributed by atoms with Crippen molar-refractivity contribution in [2.45, 2.75) is 26.4 Å². The molecule has 2 aromatic rings. The third kappa shape index (κ3) is 2.07. The molecule has 0 spiro atoms. The van der Waals surface area contributed by atoms with Crippen LogP contribution in [0, 0.1) is 0 Å². The van der Waals surface area contributed by atoms with Gasteiger partial charge in [-0.3, -0.25) is 0 Å². The van der Waals surface area contributed by atoms with E-state index in [1.165, 1.54) is 0 Å². The molecule has 0 amide bonds. The van der Waals surface area contributed by atoms with Crippen molar-refractivity contribution in [3.05, 3.63) is 35.8 Å². The van der Waals surface area contributed by atoms with Gasteiger partial charge in [-0.15, -0.1) is 10.2 Å². The van der Waals surface area contributed by atoms with E-state index in [4.69, 9.17) is 10.2 Å². The predicted octanol–water partition coefficient (Wildman–Crippen LogP) is 0.940. The number of rotatable bonds is 4. The van der Waals surface area contributed by atoms with E-state index < -0.39 is 0 Å². The highest BCUT2D eigenvalue weighted by Crippen LogP contribution is 2.07. The first-order chi connectivity index (χ1) is 7.33. The highest BCUT2D eigenvalue weighted by atomic mass is 16.4. The smallest absolute Gasteiger partial charge is 0.236 e. The lowest BCUT2D eigenvalue weighted by molar-refractivity contribution is 0.440. The van der Waals surface area contributed by atoms with Crippen LogP contribution < -0.4 is 5.73 Å². The van der Waals surface area contributed by atoms with E-state index >= 15 is 0 Å². The SMILES string of the molecule is CCc1nnc(Cn2cccc2CN)o1. The van der Waals surface area contributed by atoms with Crippen LogP contribution in [0.5, 0.6) is 0 Å². The maximum atomic E-state index is 5.59. The van der Waals surface area contributed by atoms with Gasteiger partial charge < -0.3 is 14.7 Å². The summed E-state index contributed by atoms with van der Waals surface area (Å²) in [7, 11) is 0. The second-order valence-electron chi connectivity index (χ2n) is 3.27. The van der Waals surface area contributed by atoms with Crippen LogP contribution in [0.3, 0.4) is 0 Å². The maximum Gasteiger partial charge on any atom is 0.236 e. The Morgan fingerprint density at radius 1 is 1.40 bits per heavy atom. The first-order valence-electron chi connectivity index (χ1n) is 4.98. The van der Waals surface area contributed by atoms with Gasteiger partial charge in [-0.05, 0) is 12.1 Å². The Hall–Kier alpha value is -1.62. The van der Waals surface area contributed by atoms with E-state index in [0.717, 1.165) is 12.1 Å². The Kier molecular flexibility index (Phi) is 2.82. The molecule has 0 aliphatic heterocycles. The zero-order chi connectivity index (χ0) is 10.7. The third-order valence-electron chi connectivity index (χ3n) is 2.25. The van der Waals surface area contributed by atoms with E-state index in [9.17, 15) is 0 Å². The quantitative estimate of drug-likeness (QED) is 0.808. The van der Waals surface area contributed by atoms with E-state index in [2.05, 4.69) is 10.2 Å². The molecule has 5 nitrogen and oxygen atoms in total. The van der Waals surface area contributed by atoms with Gasteiger partial charge in [0.2, 0.25) is 11.8 Å². The Bertz CT molecular complexity index is 432. The van der Waals surface area contributed by atoms with Crippen molar-refractivity contribution in [1.29, 1.82) is 0 Å². The van der Waals surface area contributed by atoms with Crippen LogP contribution in [0.25, 0.3) is 0 Å². The number of hydrogen-bond acceptors (Lipinski definition) is 4. The Morgan fingerprint density at radius 3 is 2.87 bits per heavy atom. The number of nitrogens with zero attached hydrogens (tertiary/aromatic N) is 3. The largest absolute Gasteiger partial charge is 0.423 e. The second-order valence-corrected chi connectivity index (χ2v) is 3.27. The Balaban J connectivity index is 2.14. The molecule has 2 aromatic heterocycles. The molecule has 0 fully saturated rings. The van der Waals surface area contributed by atoms with Gasteiger partial charge >= 0.3 is 0 Å². The van der Waals surface area contributed by atoms with Crippen LogP contribution in [0.2, 0.25) is 0 Å². The summed E-state index contributed by atoms with van der Waals surface area (Å²) in [5, 5.41) is 7.87. The predicted molar refractivity (Wildman–Crippen MR) is 55.1 cm³/mol. The number of nitrogens with two attached hydrogens (primary N) is 1. The first-order valence-corrected chi connectivity index (χ1v) is 4.98. The summed E-state index contributed by atoms with van der Waals surface area (Å²) in [6.45, 7) is 3.09. The van der Waals surface area contributed by atoms with Gasteiger partial charge in [-0.1, -0.05) is 6.92 Å². The lowest BCUT2D eigenvalue weighted by Crippen LogP contribution is -2.07. The van der Waals surface area contributed by atoms with Crippen LogP contribution in [-0.4, -0.2) is 14.8 Å². The molecule has 0 radical (unpaired) electrons. The van der Waals surface area contributed by atoms with E-state index in [1.807, 2.05) is 29.8 Å². The highest BCUT2D eigenvalue weighted by Gasteiger charge is 2.06. The van der Waals surface area contributed by atoms with Crippen molar-refractivity contribution < 1.29 is 4.42 Å². The molecule has 0 bridgehead atoms. The molecule has 0 atom stereocenters. The summed E-state index contributed by atoms with van der Waals surface area (Å²) in [4.78, 5) is 0. The number of hydrogen-bond donors (Lipinski definition) is 1. The van der Waals surface area contributed by atoms with Crippen molar-refractivity contribution in [1.82, 2.24) is 14.8 Å². The molecule has 0 unspecified atom stereocenters. The highest BCUT2D eigenvalue weighted by molar-refractivity contribution is 5.07. The molecule has 2 rings (SSSR count). The molecule has 2 heterocycles. The molecule has 2 N–H and O–H groups in total. The van der Waals surface area contributed by atoms with Gasteiger partial charge in [0.05, 0.1) is 0 Å². The van der Waals surface area contributed by atoms with Crippen LogP contribution in [0.15, 0.2) is 22.7 Å². The van der Waals surface area contributed by atoms with Crippen molar-refractivity contribution in [3.63, 3.8) is 0 Å². The molecular weight excluding hydrogens is 192 g/mol. The molecule has 0 aromatic carbocycles. The zero-order valence-corrected chi connectivity index (χ0v) is 8.68. The average molecular weight is 206 g/mol. The summed E-state index contributed by atoms with van der Waals surface area (Å²) >= 11 is 0. The first kappa shape index (κ1) is 9.92. The van der Waals surface area contributed by atoms with Crippen LogP contribution >= 0.6 is 0 Å². The van der Waals surface area contributed by atoms with Crippen molar-refractivity contribution in [3.8, 4) is 0 Å². The molecule has 0 saturated carbocycles. The maximum absolute atomic E-state index is 5.59. The van der Waals surface area contributed by atoms with E-state index in [0.29, 0.717) is 24.9 Å². The summed E-state index contributed by atoms with van der Waals surface area (Å²) in [6, 6.07) is 3.94. The minimum absolute atomic E-state index is 0.516. The number of aromatic nitrogens is 3. The molecule has 15 heavy (non-hydrogen) atoms. The molecule has 0 aliphatic rings. The molecule has 0 aliphatic carbocycles. The van der Waals surface area contributed by atoms with Crippen molar-refractivity contribution in [2.75, 3.05) is 0 Å². The fourth-order valence-corrected chi connectivity index (χ4v) is 1.43. The minimum atomic E-state index is 0.516. The van der Waals surface area contributed by atoms with E-state index in [1.54, 1.807) is 0 Å². The Morgan fingerprint density at radius 2 is 2.20 bits per heavy atom. The molecule has 5 heteroatoms. The third-order valence-corrected chi connectivity index (χ3v) is 2.25. The lowest BCUT2D eigenvalue weighted by Gasteiger charge is -2.03. The summed E-state index contributed by atoms with van der Waals surface area (Å²) < 4.78 is 7.43. The normalized spacial score (nSPS) is 10.8. The molecular formula is C10H14N4O. The van der Waals surface area contributed by atoms with Crippen LogP contribution in [-0.2, 0) is 19.5 Å². The van der Waals surface area contributed by atoms with Gasteiger partial charge in [0.15, 0.2) is 0 Å². The number of aryl methyl sites for hydroxylation is 1. The molecule has 80 valence electrons. The monoisotopic (exact) mass is 206 g/mol. The standard InChI is InChI=1S/C10H14N4O/c1-2-9-12-13-10(15-9)7-14-5-3-4-8(14)6-11/h3-5H,2,6-7,11H2,1H3. The van der Waals surface area contributed by atoms with E-state index in [-0.39, 0.29) is 0 Å². The van der Waals surface area contributed by atoms with Crippen LogP contribution in [0.4, 0.5) is 0 Å². The fourth-order valence-electron chi connectivity index (χ4n) is 1.43.